The second-order valence-electron chi connectivity index (χ2n) is 3.94. The Hall–Kier alpha value is -0.930. The normalized spacial score (nSPS) is 17.1. The van der Waals surface area contributed by atoms with Crippen LogP contribution in [-0.4, -0.2) is 17.3 Å². The molecule has 3 atom stereocenters. The van der Waals surface area contributed by atoms with Gasteiger partial charge in [-0.3, -0.25) is 0 Å². The van der Waals surface area contributed by atoms with Crippen molar-refractivity contribution in [1.29, 1.82) is 0 Å². The van der Waals surface area contributed by atoms with Crippen molar-refractivity contribution in [3.05, 3.63) is 35.6 Å². The van der Waals surface area contributed by atoms with E-state index in [0.717, 1.165) is 0 Å². The van der Waals surface area contributed by atoms with Crippen LogP contribution < -0.4 is 5.32 Å². The lowest BCUT2D eigenvalue weighted by molar-refractivity contribution is 0.147. The molecule has 2 nitrogen and oxygen atoms in total. The van der Waals surface area contributed by atoms with E-state index < -0.39 is 6.10 Å². The molecule has 0 saturated heterocycles. The van der Waals surface area contributed by atoms with Gasteiger partial charge in [0.2, 0.25) is 0 Å². The molecular weight excluding hydrogens is 193 g/mol. The van der Waals surface area contributed by atoms with Crippen LogP contribution in [0.25, 0.3) is 0 Å². The number of nitrogens with one attached hydrogen (secondary N) is 1. The number of aliphatic hydroxyl groups excluding tert-OH is 1. The third-order valence-corrected chi connectivity index (χ3v) is 2.61. The van der Waals surface area contributed by atoms with E-state index in [1.807, 2.05) is 19.9 Å². The zero-order chi connectivity index (χ0) is 11.4. The Morgan fingerprint density at radius 2 is 1.80 bits per heavy atom. The van der Waals surface area contributed by atoms with E-state index in [4.69, 9.17) is 0 Å². The van der Waals surface area contributed by atoms with Gasteiger partial charge in [0.1, 0.15) is 5.82 Å². The zero-order valence-electron chi connectivity index (χ0n) is 9.37. The molecule has 0 spiro atoms. The summed E-state index contributed by atoms with van der Waals surface area (Å²) < 4.78 is 13.4. The van der Waals surface area contributed by atoms with E-state index >= 15 is 0 Å². The van der Waals surface area contributed by atoms with E-state index in [2.05, 4.69) is 5.32 Å². The molecule has 0 fully saturated rings. The van der Waals surface area contributed by atoms with E-state index in [9.17, 15) is 9.50 Å². The third-order valence-electron chi connectivity index (χ3n) is 2.61. The molecule has 0 heterocycles. The van der Waals surface area contributed by atoms with E-state index in [0.29, 0.717) is 5.56 Å². The lowest BCUT2D eigenvalue weighted by Crippen LogP contribution is -2.37. The average Bonchev–Trinajstić information content (AvgIpc) is 2.18. The Balaban J connectivity index is 2.69. The summed E-state index contributed by atoms with van der Waals surface area (Å²) in [5.41, 5.74) is 0.630. The smallest absolute Gasteiger partial charge is 0.127 e. The maximum atomic E-state index is 13.4. The molecule has 1 aromatic carbocycles. The molecule has 15 heavy (non-hydrogen) atoms. The summed E-state index contributed by atoms with van der Waals surface area (Å²) in [5.74, 6) is -0.213. The van der Waals surface area contributed by atoms with Crippen LogP contribution in [0.2, 0.25) is 0 Å². The quantitative estimate of drug-likeness (QED) is 0.800. The Morgan fingerprint density at radius 1 is 1.20 bits per heavy atom. The van der Waals surface area contributed by atoms with Crippen LogP contribution in [-0.2, 0) is 0 Å². The van der Waals surface area contributed by atoms with E-state index in [1.54, 1.807) is 19.1 Å². The predicted molar refractivity (Wildman–Crippen MR) is 59.1 cm³/mol. The van der Waals surface area contributed by atoms with Gasteiger partial charge in [-0.05, 0) is 26.8 Å². The van der Waals surface area contributed by atoms with Crippen molar-refractivity contribution in [1.82, 2.24) is 5.32 Å². The second kappa shape index (κ2) is 5.24. The number of aliphatic hydroxyl groups is 1. The Bertz CT molecular complexity index is 314. The van der Waals surface area contributed by atoms with Crippen molar-refractivity contribution >= 4 is 0 Å². The van der Waals surface area contributed by atoms with Crippen LogP contribution in [0, 0.1) is 5.82 Å². The zero-order valence-corrected chi connectivity index (χ0v) is 9.37. The highest BCUT2D eigenvalue weighted by Gasteiger charge is 2.15. The fraction of sp³-hybridized carbons (Fsp3) is 0.500. The minimum absolute atomic E-state index is 0.0559. The molecule has 1 rings (SSSR count). The van der Waals surface area contributed by atoms with Crippen LogP contribution in [0.4, 0.5) is 4.39 Å². The van der Waals surface area contributed by atoms with Gasteiger partial charge in [-0.1, -0.05) is 18.2 Å². The fourth-order valence-corrected chi connectivity index (χ4v) is 1.45. The first-order chi connectivity index (χ1) is 7.02. The van der Waals surface area contributed by atoms with Crippen LogP contribution in [0.5, 0.6) is 0 Å². The molecule has 0 radical (unpaired) electrons. The van der Waals surface area contributed by atoms with Crippen molar-refractivity contribution in [3.8, 4) is 0 Å². The number of rotatable bonds is 4. The topological polar surface area (TPSA) is 32.3 Å². The lowest BCUT2D eigenvalue weighted by atomic mass is 10.1. The summed E-state index contributed by atoms with van der Waals surface area (Å²) in [5, 5.41) is 12.5. The molecular formula is C12H18FNO. The molecule has 0 amide bonds. The molecule has 2 N–H and O–H groups in total. The van der Waals surface area contributed by atoms with Gasteiger partial charge in [-0.25, -0.2) is 4.39 Å². The van der Waals surface area contributed by atoms with Gasteiger partial charge in [0.25, 0.3) is 0 Å². The summed E-state index contributed by atoms with van der Waals surface area (Å²) in [6.45, 7) is 5.48. The Morgan fingerprint density at radius 3 is 2.33 bits per heavy atom. The van der Waals surface area contributed by atoms with Crippen molar-refractivity contribution in [2.45, 2.75) is 39.0 Å². The highest BCUT2D eigenvalue weighted by Crippen LogP contribution is 2.16. The maximum Gasteiger partial charge on any atom is 0.127 e. The Labute approximate surface area is 90.1 Å². The lowest BCUT2D eigenvalue weighted by Gasteiger charge is -2.22. The average molecular weight is 211 g/mol. The van der Waals surface area contributed by atoms with Gasteiger partial charge in [-0.2, -0.15) is 0 Å². The third kappa shape index (κ3) is 3.29. The first kappa shape index (κ1) is 12.1. The Kier molecular flexibility index (Phi) is 4.24. The van der Waals surface area contributed by atoms with Crippen LogP contribution in [0.15, 0.2) is 24.3 Å². The standard InChI is InChI=1S/C12H18FNO/c1-8(10(3)15)14-9(2)11-6-4-5-7-12(11)13/h4-10,14-15H,1-3H3/t8?,9-,10?/m1/s1. The van der Waals surface area contributed by atoms with Gasteiger partial charge < -0.3 is 10.4 Å². The van der Waals surface area contributed by atoms with E-state index in [-0.39, 0.29) is 17.9 Å². The van der Waals surface area contributed by atoms with E-state index in [1.165, 1.54) is 6.07 Å². The minimum Gasteiger partial charge on any atom is -0.392 e. The van der Waals surface area contributed by atoms with Crippen molar-refractivity contribution in [2.75, 3.05) is 0 Å². The van der Waals surface area contributed by atoms with Crippen molar-refractivity contribution in [2.24, 2.45) is 0 Å². The van der Waals surface area contributed by atoms with Gasteiger partial charge in [0.15, 0.2) is 0 Å². The van der Waals surface area contributed by atoms with Crippen LogP contribution in [0.1, 0.15) is 32.4 Å². The maximum absolute atomic E-state index is 13.4. The molecule has 0 aliphatic heterocycles. The van der Waals surface area contributed by atoms with Crippen LogP contribution >= 0.6 is 0 Å². The number of halogens is 1. The molecule has 0 aromatic heterocycles. The molecule has 2 unspecified atom stereocenters. The van der Waals surface area contributed by atoms with Gasteiger partial charge in [-0.15, -0.1) is 0 Å². The van der Waals surface area contributed by atoms with Crippen LogP contribution in [0.3, 0.4) is 0 Å². The monoisotopic (exact) mass is 211 g/mol. The molecule has 3 heteroatoms. The number of hydrogen-bond donors (Lipinski definition) is 2. The highest BCUT2D eigenvalue weighted by molar-refractivity contribution is 5.20. The predicted octanol–water partition coefficient (Wildman–Crippen LogP) is 2.25. The van der Waals surface area contributed by atoms with Gasteiger partial charge in [0, 0.05) is 17.6 Å². The summed E-state index contributed by atoms with van der Waals surface area (Å²) in [6.07, 6.45) is -0.445. The summed E-state index contributed by atoms with van der Waals surface area (Å²) in [4.78, 5) is 0. The molecule has 0 bridgehead atoms. The largest absolute Gasteiger partial charge is 0.392 e. The first-order valence-electron chi connectivity index (χ1n) is 5.21. The number of benzene rings is 1. The first-order valence-corrected chi connectivity index (χ1v) is 5.21. The second-order valence-corrected chi connectivity index (χ2v) is 3.94. The summed E-state index contributed by atoms with van der Waals surface area (Å²) in [7, 11) is 0. The molecule has 0 aliphatic carbocycles. The van der Waals surface area contributed by atoms with Crippen molar-refractivity contribution in [3.63, 3.8) is 0 Å². The minimum atomic E-state index is -0.445. The molecule has 84 valence electrons. The van der Waals surface area contributed by atoms with Gasteiger partial charge >= 0.3 is 0 Å². The van der Waals surface area contributed by atoms with Crippen molar-refractivity contribution < 1.29 is 9.50 Å². The van der Waals surface area contributed by atoms with Gasteiger partial charge in [0.05, 0.1) is 6.10 Å². The number of hydrogen-bond acceptors (Lipinski definition) is 2. The fourth-order valence-electron chi connectivity index (χ4n) is 1.45. The molecule has 0 aliphatic rings. The highest BCUT2D eigenvalue weighted by atomic mass is 19.1. The molecule has 1 aromatic rings. The summed E-state index contributed by atoms with van der Waals surface area (Å²) >= 11 is 0. The SMILES string of the molecule is CC(O)C(C)N[C@H](C)c1ccccc1F. The molecule has 0 saturated carbocycles. The summed E-state index contributed by atoms with van der Waals surface area (Å²) in [6, 6.07) is 6.52.